The molecule has 1 N–H and O–H groups in total. The molecule has 0 fully saturated rings. The van der Waals surface area contributed by atoms with Crippen LogP contribution in [0.15, 0.2) is 23.1 Å². The minimum Gasteiger partial charge on any atom is -0.300 e. The van der Waals surface area contributed by atoms with Crippen molar-refractivity contribution < 1.29 is 0 Å². The van der Waals surface area contributed by atoms with Crippen LogP contribution in [-0.2, 0) is 0 Å². The zero-order valence-corrected chi connectivity index (χ0v) is 12.8. The Bertz CT molecular complexity index is 445. The van der Waals surface area contributed by atoms with Crippen molar-refractivity contribution in [2.45, 2.75) is 30.7 Å². The molecule has 0 aliphatic heterocycles. The molecule has 18 heavy (non-hydrogen) atoms. The molecule has 0 spiro atoms. The number of halogens is 2. The molecule has 1 aromatic rings. The summed E-state index contributed by atoms with van der Waals surface area (Å²) < 4.78 is 0. The lowest BCUT2D eigenvalue weighted by Gasteiger charge is -2.22. The van der Waals surface area contributed by atoms with Crippen molar-refractivity contribution in [1.29, 1.82) is 5.26 Å². The Hall–Kier alpha value is -0.400. The van der Waals surface area contributed by atoms with Crippen molar-refractivity contribution >= 4 is 35.0 Å². The molecule has 1 unspecified atom stereocenters. The SMILES string of the molecule is CCNC(C)(C#N)CCSc1cc(Cl)ccc1Cl. The van der Waals surface area contributed by atoms with Gasteiger partial charge in [0.25, 0.3) is 0 Å². The molecule has 0 aliphatic carbocycles. The van der Waals surface area contributed by atoms with E-state index in [2.05, 4.69) is 11.4 Å². The number of nitriles is 1. The minimum atomic E-state index is -0.479. The van der Waals surface area contributed by atoms with Crippen LogP contribution in [0.5, 0.6) is 0 Å². The summed E-state index contributed by atoms with van der Waals surface area (Å²) in [5.41, 5.74) is -0.479. The highest BCUT2D eigenvalue weighted by Gasteiger charge is 2.21. The van der Waals surface area contributed by atoms with Crippen molar-refractivity contribution in [2.24, 2.45) is 0 Å². The van der Waals surface area contributed by atoms with E-state index in [0.29, 0.717) is 10.0 Å². The van der Waals surface area contributed by atoms with Gasteiger partial charge in [-0.3, -0.25) is 5.32 Å². The van der Waals surface area contributed by atoms with Crippen LogP contribution in [-0.4, -0.2) is 17.8 Å². The Morgan fingerprint density at radius 3 is 2.78 bits per heavy atom. The normalized spacial score (nSPS) is 13.9. The first-order chi connectivity index (χ1) is 8.50. The van der Waals surface area contributed by atoms with Gasteiger partial charge in [-0.05, 0) is 38.1 Å². The fraction of sp³-hybridized carbons (Fsp3) is 0.462. The summed E-state index contributed by atoms with van der Waals surface area (Å²) in [6, 6.07) is 7.72. The van der Waals surface area contributed by atoms with Gasteiger partial charge in [0.1, 0.15) is 5.54 Å². The second-order valence-corrected chi connectivity index (χ2v) is 6.13. The van der Waals surface area contributed by atoms with E-state index in [1.54, 1.807) is 23.9 Å². The van der Waals surface area contributed by atoms with Gasteiger partial charge >= 0.3 is 0 Å². The van der Waals surface area contributed by atoms with Gasteiger partial charge in [-0.15, -0.1) is 11.8 Å². The molecule has 0 radical (unpaired) electrons. The van der Waals surface area contributed by atoms with Crippen LogP contribution in [0.25, 0.3) is 0 Å². The second kappa shape index (κ2) is 7.25. The molecule has 0 aliphatic rings. The largest absolute Gasteiger partial charge is 0.300 e. The van der Waals surface area contributed by atoms with Crippen molar-refractivity contribution in [2.75, 3.05) is 12.3 Å². The van der Waals surface area contributed by atoms with Crippen LogP contribution in [0.1, 0.15) is 20.3 Å². The second-order valence-electron chi connectivity index (χ2n) is 4.15. The predicted molar refractivity (Wildman–Crippen MR) is 79.5 cm³/mol. The molecular formula is C13H16Cl2N2S. The quantitative estimate of drug-likeness (QED) is 0.793. The molecule has 5 heteroatoms. The van der Waals surface area contributed by atoms with Crippen LogP contribution in [0, 0.1) is 11.3 Å². The van der Waals surface area contributed by atoms with E-state index in [-0.39, 0.29) is 0 Å². The summed E-state index contributed by atoms with van der Waals surface area (Å²) in [4.78, 5) is 0.959. The Morgan fingerprint density at radius 2 is 2.17 bits per heavy atom. The van der Waals surface area contributed by atoms with E-state index in [1.165, 1.54) is 0 Å². The fourth-order valence-corrected chi connectivity index (χ4v) is 3.19. The number of rotatable bonds is 6. The molecule has 0 bridgehead atoms. The van der Waals surface area contributed by atoms with Gasteiger partial charge in [0, 0.05) is 15.7 Å². The number of thioether (sulfide) groups is 1. The number of nitrogens with one attached hydrogen (secondary N) is 1. The van der Waals surface area contributed by atoms with E-state index >= 15 is 0 Å². The molecule has 0 saturated heterocycles. The first kappa shape index (κ1) is 15.7. The minimum absolute atomic E-state index is 0.479. The van der Waals surface area contributed by atoms with E-state index in [0.717, 1.165) is 23.6 Å². The lowest BCUT2D eigenvalue weighted by atomic mass is 10.0. The lowest BCUT2D eigenvalue weighted by Crippen LogP contribution is -2.41. The maximum absolute atomic E-state index is 9.14. The molecule has 0 amide bonds. The van der Waals surface area contributed by atoms with Gasteiger partial charge in [0.05, 0.1) is 11.1 Å². The molecule has 1 aromatic carbocycles. The maximum atomic E-state index is 9.14. The lowest BCUT2D eigenvalue weighted by molar-refractivity contribution is 0.450. The predicted octanol–water partition coefficient (Wildman–Crippen LogP) is 4.37. The van der Waals surface area contributed by atoms with Gasteiger partial charge in [-0.1, -0.05) is 30.1 Å². The third-order valence-corrected chi connectivity index (χ3v) is 4.30. The number of benzene rings is 1. The zero-order chi connectivity index (χ0) is 13.6. The maximum Gasteiger partial charge on any atom is 0.104 e. The van der Waals surface area contributed by atoms with Gasteiger partial charge < -0.3 is 0 Å². The van der Waals surface area contributed by atoms with Gasteiger partial charge in [-0.2, -0.15) is 5.26 Å². The van der Waals surface area contributed by atoms with E-state index in [9.17, 15) is 0 Å². The van der Waals surface area contributed by atoms with Crippen molar-refractivity contribution in [1.82, 2.24) is 5.32 Å². The molecule has 1 rings (SSSR count). The summed E-state index contributed by atoms with van der Waals surface area (Å²) in [5, 5.41) is 13.7. The monoisotopic (exact) mass is 302 g/mol. The Balaban J connectivity index is 2.56. The highest BCUT2D eigenvalue weighted by atomic mass is 35.5. The summed E-state index contributed by atoms with van der Waals surface area (Å²) in [5.74, 6) is 0.817. The average Bonchev–Trinajstić information content (AvgIpc) is 2.34. The van der Waals surface area contributed by atoms with Crippen molar-refractivity contribution in [3.8, 4) is 6.07 Å². The number of hydrogen-bond acceptors (Lipinski definition) is 3. The first-order valence-electron chi connectivity index (χ1n) is 5.75. The molecule has 0 saturated carbocycles. The highest BCUT2D eigenvalue weighted by Crippen LogP contribution is 2.31. The third kappa shape index (κ3) is 4.70. The molecule has 2 nitrogen and oxygen atoms in total. The smallest absolute Gasteiger partial charge is 0.104 e. The Morgan fingerprint density at radius 1 is 1.44 bits per heavy atom. The van der Waals surface area contributed by atoms with Crippen LogP contribution in [0.3, 0.4) is 0 Å². The van der Waals surface area contributed by atoms with E-state index < -0.39 is 5.54 Å². The van der Waals surface area contributed by atoms with Crippen LogP contribution in [0.2, 0.25) is 10.0 Å². The fourth-order valence-electron chi connectivity index (χ4n) is 1.53. The van der Waals surface area contributed by atoms with Crippen molar-refractivity contribution in [3.05, 3.63) is 28.2 Å². The van der Waals surface area contributed by atoms with Crippen LogP contribution >= 0.6 is 35.0 Å². The van der Waals surface area contributed by atoms with E-state index in [1.807, 2.05) is 19.9 Å². The number of hydrogen-bond donors (Lipinski definition) is 1. The van der Waals surface area contributed by atoms with Crippen LogP contribution < -0.4 is 5.32 Å². The van der Waals surface area contributed by atoms with Gasteiger partial charge in [-0.25, -0.2) is 0 Å². The molecule has 98 valence electrons. The summed E-state index contributed by atoms with van der Waals surface area (Å²) in [7, 11) is 0. The summed E-state index contributed by atoms with van der Waals surface area (Å²) in [6.07, 6.45) is 0.755. The zero-order valence-electron chi connectivity index (χ0n) is 10.5. The molecule has 0 aromatic heterocycles. The van der Waals surface area contributed by atoms with Crippen molar-refractivity contribution in [3.63, 3.8) is 0 Å². The van der Waals surface area contributed by atoms with Gasteiger partial charge in [0.2, 0.25) is 0 Å². The molecule has 0 heterocycles. The third-order valence-electron chi connectivity index (χ3n) is 2.57. The summed E-state index contributed by atoms with van der Waals surface area (Å²) >= 11 is 13.6. The standard InChI is InChI=1S/C13H16Cl2N2S/c1-3-17-13(2,9-16)6-7-18-12-8-10(14)4-5-11(12)15/h4-5,8,17H,3,6-7H2,1-2H3. The Kier molecular flexibility index (Phi) is 6.31. The van der Waals surface area contributed by atoms with Gasteiger partial charge in [0.15, 0.2) is 0 Å². The Labute approximate surface area is 123 Å². The van der Waals surface area contributed by atoms with E-state index in [4.69, 9.17) is 28.5 Å². The molecular weight excluding hydrogens is 287 g/mol. The topological polar surface area (TPSA) is 35.8 Å². The average molecular weight is 303 g/mol. The first-order valence-corrected chi connectivity index (χ1v) is 7.49. The molecule has 1 atom stereocenters. The number of nitrogens with zero attached hydrogens (tertiary/aromatic N) is 1. The highest BCUT2D eigenvalue weighted by molar-refractivity contribution is 7.99. The summed E-state index contributed by atoms with van der Waals surface area (Å²) in [6.45, 7) is 4.69. The van der Waals surface area contributed by atoms with Crippen LogP contribution in [0.4, 0.5) is 0 Å².